The minimum atomic E-state index is -0.569. The molecule has 2 heterocycles. The van der Waals surface area contributed by atoms with Crippen LogP contribution < -0.4 is 24.3 Å². The first-order valence-corrected chi connectivity index (χ1v) is 10.0. The molecular formula is C24H22N2O5. The van der Waals surface area contributed by atoms with E-state index in [4.69, 9.17) is 18.9 Å². The van der Waals surface area contributed by atoms with E-state index in [1.54, 1.807) is 20.3 Å². The average molecular weight is 418 g/mol. The Morgan fingerprint density at radius 2 is 1.68 bits per heavy atom. The summed E-state index contributed by atoms with van der Waals surface area (Å²) in [5, 5.41) is 2.99. The molecule has 31 heavy (non-hydrogen) atoms. The fourth-order valence-electron chi connectivity index (χ4n) is 3.95. The van der Waals surface area contributed by atoms with Gasteiger partial charge in [-0.2, -0.15) is 0 Å². The van der Waals surface area contributed by atoms with Gasteiger partial charge in [-0.1, -0.05) is 18.2 Å². The predicted octanol–water partition coefficient (Wildman–Crippen LogP) is 4.16. The van der Waals surface area contributed by atoms with Crippen molar-refractivity contribution >= 4 is 11.7 Å². The fraction of sp³-hybridized carbons (Fsp3) is 0.250. The summed E-state index contributed by atoms with van der Waals surface area (Å²) in [5.74, 6) is 3.08. The molecule has 158 valence electrons. The number of aromatic nitrogens is 1. The van der Waals surface area contributed by atoms with Gasteiger partial charge in [-0.15, -0.1) is 0 Å². The normalized spacial score (nSPS) is 15.3. The zero-order valence-electron chi connectivity index (χ0n) is 17.3. The van der Waals surface area contributed by atoms with Crippen LogP contribution in [0.2, 0.25) is 0 Å². The van der Waals surface area contributed by atoms with Gasteiger partial charge < -0.3 is 24.3 Å². The first kappa shape index (κ1) is 19.2. The molecule has 7 nitrogen and oxygen atoms in total. The number of carbonyl (C=O) groups is 1. The van der Waals surface area contributed by atoms with Crippen LogP contribution in [0.15, 0.2) is 54.6 Å². The molecule has 1 amide bonds. The topological polar surface area (TPSA) is 78.9 Å². The summed E-state index contributed by atoms with van der Waals surface area (Å²) in [6.07, 6.45) is 1.55. The second-order valence-corrected chi connectivity index (χ2v) is 7.55. The molecule has 0 unspecified atom stereocenters. The van der Waals surface area contributed by atoms with Crippen LogP contribution >= 0.6 is 0 Å². The zero-order valence-corrected chi connectivity index (χ0v) is 17.3. The molecule has 1 saturated carbocycles. The van der Waals surface area contributed by atoms with Gasteiger partial charge in [0.2, 0.25) is 12.7 Å². The summed E-state index contributed by atoms with van der Waals surface area (Å²) in [6, 6.07) is 16.7. The van der Waals surface area contributed by atoms with Crippen LogP contribution in [0.5, 0.6) is 23.0 Å². The van der Waals surface area contributed by atoms with Gasteiger partial charge in [-0.05, 0) is 54.8 Å². The van der Waals surface area contributed by atoms with E-state index >= 15 is 0 Å². The third kappa shape index (κ3) is 3.32. The number of carbonyl (C=O) groups excluding carboxylic acids is 1. The molecule has 1 N–H and O–H groups in total. The van der Waals surface area contributed by atoms with Crippen molar-refractivity contribution in [2.24, 2.45) is 0 Å². The van der Waals surface area contributed by atoms with E-state index in [-0.39, 0.29) is 12.7 Å². The molecule has 1 aliphatic carbocycles. The molecule has 0 saturated heterocycles. The van der Waals surface area contributed by atoms with E-state index in [1.165, 1.54) is 0 Å². The van der Waals surface area contributed by atoms with Crippen molar-refractivity contribution in [2.45, 2.75) is 18.3 Å². The summed E-state index contributed by atoms with van der Waals surface area (Å²) in [5.41, 5.74) is 1.75. The van der Waals surface area contributed by atoms with Crippen LogP contribution in [0.25, 0.3) is 11.3 Å². The van der Waals surface area contributed by atoms with Gasteiger partial charge in [0.1, 0.15) is 17.3 Å². The number of anilines is 1. The molecule has 7 heteroatoms. The number of nitrogens with zero attached hydrogens (tertiary/aromatic N) is 1. The van der Waals surface area contributed by atoms with Crippen LogP contribution in [0.4, 0.5) is 5.82 Å². The van der Waals surface area contributed by atoms with Gasteiger partial charge in [-0.25, -0.2) is 4.98 Å². The molecule has 0 atom stereocenters. The van der Waals surface area contributed by atoms with E-state index in [9.17, 15) is 4.79 Å². The third-order valence-corrected chi connectivity index (χ3v) is 5.78. The van der Waals surface area contributed by atoms with E-state index in [1.807, 2.05) is 48.5 Å². The minimum absolute atomic E-state index is 0.0805. The first-order chi connectivity index (χ1) is 15.1. The van der Waals surface area contributed by atoms with Crippen molar-refractivity contribution in [1.29, 1.82) is 0 Å². The van der Waals surface area contributed by atoms with Crippen molar-refractivity contribution in [1.82, 2.24) is 4.98 Å². The highest BCUT2D eigenvalue weighted by molar-refractivity contribution is 6.01. The Labute approximate surface area is 179 Å². The van der Waals surface area contributed by atoms with Gasteiger partial charge in [0.05, 0.1) is 30.9 Å². The number of pyridine rings is 1. The maximum atomic E-state index is 13.2. The lowest BCUT2D eigenvalue weighted by molar-refractivity contribution is -0.118. The van der Waals surface area contributed by atoms with Gasteiger partial charge in [0.25, 0.3) is 0 Å². The highest BCUT2D eigenvalue weighted by Gasteiger charge is 2.51. The fourth-order valence-corrected chi connectivity index (χ4v) is 3.95. The van der Waals surface area contributed by atoms with Crippen LogP contribution in [0, 0.1) is 0 Å². The second-order valence-electron chi connectivity index (χ2n) is 7.55. The quantitative estimate of drug-likeness (QED) is 0.648. The van der Waals surface area contributed by atoms with E-state index in [2.05, 4.69) is 10.3 Å². The Bertz CT molecular complexity index is 1130. The largest absolute Gasteiger partial charge is 0.496 e. The number of benzene rings is 2. The maximum absolute atomic E-state index is 13.2. The zero-order chi connectivity index (χ0) is 21.4. The highest BCUT2D eigenvalue weighted by atomic mass is 16.7. The number of fused-ring (bicyclic) bond motifs is 1. The number of rotatable bonds is 6. The number of amides is 1. The predicted molar refractivity (Wildman–Crippen MR) is 115 cm³/mol. The molecular weight excluding hydrogens is 396 g/mol. The van der Waals surface area contributed by atoms with E-state index in [0.29, 0.717) is 34.5 Å². The Morgan fingerprint density at radius 1 is 0.968 bits per heavy atom. The van der Waals surface area contributed by atoms with Gasteiger partial charge in [-0.3, -0.25) is 4.79 Å². The van der Waals surface area contributed by atoms with Crippen LogP contribution in [-0.4, -0.2) is 31.9 Å². The number of hydrogen-bond acceptors (Lipinski definition) is 6. The standard InChI is InChI=1S/C24H22N2O5/c1-28-18-6-4-7-19(29-2)22(18)16-5-3-8-21(25-16)26-23(27)24(11-12-24)15-9-10-17-20(13-15)31-14-30-17/h3-10,13H,11-12,14H2,1-2H3,(H,25,26,27). The molecule has 1 fully saturated rings. The van der Waals surface area contributed by atoms with Crippen molar-refractivity contribution in [2.75, 3.05) is 26.3 Å². The summed E-state index contributed by atoms with van der Waals surface area (Å²) in [6.45, 7) is 0.209. The van der Waals surface area contributed by atoms with Gasteiger partial charge in [0.15, 0.2) is 11.5 Å². The second kappa shape index (κ2) is 7.50. The number of nitrogens with one attached hydrogen (secondary N) is 1. The van der Waals surface area contributed by atoms with Crippen molar-refractivity contribution in [3.8, 4) is 34.3 Å². The molecule has 1 aromatic heterocycles. The van der Waals surface area contributed by atoms with Crippen molar-refractivity contribution < 1.29 is 23.7 Å². The lowest BCUT2D eigenvalue weighted by Crippen LogP contribution is -2.28. The minimum Gasteiger partial charge on any atom is -0.496 e. The van der Waals surface area contributed by atoms with Crippen molar-refractivity contribution in [3.63, 3.8) is 0 Å². The number of ether oxygens (including phenoxy) is 4. The lowest BCUT2D eigenvalue weighted by atomic mass is 9.94. The van der Waals surface area contributed by atoms with Crippen LogP contribution in [0.3, 0.4) is 0 Å². The Hall–Kier alpha value is -3.74. The lowest BCUT2D eigenvalue weighted by Gasteiger charge is -2.17. The smallest absolute Gasteiger partial charge is 0.236 e. The molecule has 1 aliphatic heterocycles. The average Bonchev–Trinajstić information content (AvgIpc) is 3.49. The SMILES string of the molecule is COc1cccc(OC)c1-c1cccc(NC(=O)C2(c3ccc4c(c3)OCO4)CC2)n1. The molecule has 0 radical (unpaired) electrons. The third-order valence-electron chi connectivity index (χ3n) is 5.78. The number of methoxy groups -OCH3 is 2. The highest BCUT2D eigenvalue weighted by Crippen LogP contribution is 2.51. The Kier molecular flexibility index (Phi) is 4.66. The summed E-state index contributed by atoms with van der Waals surface area (Å²) in [7, 11) is 3.21. The maximum Gasteiger partial charge on any atom is 0.236 e. The summed E-state index contributed by atoms with van der Waals surface area (Å²) >= 11 is 0. The van der Waals surface area contributed by atoms with E-state index in [0.717, 1.165) is 24.0 Å². The summed E-state index contributed by atoms with van der Waals surface area (Å²) in [4.78, 5) is 17.9. The van der Waals surface area contributed by atoms with Crippen LogP contribution in [-0.2, 0) is 10.2 Å². The molecule has 2 aliphatic rings. The molecule has 0 spiro atoms. The van der Waals surface area contributed by atoms with Crippen molar-refractivity contribution in [3.05, 3.63) is 60.2 Å². The molecule has 5 rings (SSSR count). The monoisotopic (exact) mass is 418 g/mol. The molecule has 3 aromatic rings. The molecule has 2 aromatic carbocycles. The molecule has 0 bridgehead atoms. The van der Waals surface area contributed by atoms with E-state index < -0.39 is 5.41 Å². The summed E-state index contributed by atoms with van der Waals surface area (Å²) < 4.78 is 21.8. The Balaban J connectivity index is 1.43. The van der Waals surface area contributed by atoms with Gasteiger partial charge in [0, 0.05) is 0 Å². The van der Waals surface area contributed by atoms with Crippen LogP contribution in [0.1, 0.15) is 18.4 Å². The first-order valence-electron chi connectivity index (χ1n) is 10.0. The van der Waals surface area contributed by atoms with Gasteiger partial charge >= 0.3 is 0 Å². The number of hydrogen-bond donors (Lipinski definition) is 1. The Morgan fingerprint density at radius 3 is 2.39 bits per heavy atom.